The van der Waals surface area contributed by atoms with Crippen LogP contribution in [0, 0.1) is 17.8 Å². The molecule has 20 heavy (non-hydrogen) atoms. The van der Waals surface area contributed by atoms with E-state index in [1.807, 2.05) is 0 Å². The summed E-state index contributed by atoms with van der Waals surface area (Å²) in [6.07, 6.45) is 6.41. The molecule has 0 bridgehead atoms. The fourth-order valence-electron chi connectivity index (χ4n) is 3.49. The molecule has 2 aliphatic carbocycles. The number of aromatic nitrogens is 2. The zero-order valence-electron chi connectivity index (χ0n) is 12.9. The lowest BCUT2D eigenvalue weighted by atomic mass is 9.74. The van der Waals surface area contributed by atoms with Crippen molar-refractivity contribution in [2.24, 2.45) is 17.8 Å². The molecule has 1 aromatic heterocycles. The van der Waals surface area contributed by atoms with Gasteiger partial charge in [-0.15, -0.1) is 10.2 Å². The summed E-state index contributed by atoms with van der Waals surface area (Å²) in [6, 6.07) is 0.593. The molecular weight excluding hydrogens is 250 g/mol. The van der Waals surface area contributed by atoms with E-state index in [-0.39, 0.29) is 0 Å². The second-order valence-electron chi connectivity index (χ2n) is 7.12. The molecule has 2 saturated carbocycles. The van der Waals surface area contributed by atoms with Crippen LogP contribution < -0.4 is 5.32 Å². The van der Waals surface area contributed by atoms with Gasteiger partial charge in [-0.05, 0) is 43.4 Å². The normalized spacial score (nSPS) is 30.9. The highest BCUT2D eigenvalue weighted by molar-refractivity contribution is 5.00. The molecule has 2 fully saturated rings. The van der Waals surface area contributed by atoms with Crippen molar-refractivity contribution in [1.29, 1.82) is 0 Å². The Morgan fingerprint density at radius 1 is 1.20 bits per heavy atom. The molecule has 1 heterocycles. The Kier molecular flexibility index (Phi) is 4.11. The van der Waals surface area contributed by atoms with Crippen molar-refractivity contribution in [2.75, 3.05) is 0 Å². The van der Waals surface area contributed by atoms with Gasteiger partial charge in [0.2, 0.25) is 11.8 Å². The topological polar surface area (TPSA) is 51.0 Å². The molecule has 0 unspecified atom stereocenters. The maximum Gasteiger partial charge on any atom is 0.230 e. The first-order chi connectivity index (χ1) is 9.63. The third-order valence-electron chi connectivity index (χ3n) is 4.95. The van der Waals surface area contributed by atoms with Gasteiger partial charge in [0.15, 0.2) is 0 Å². The molecule has 3 rings (SSSR count). The summed E-state index contributed by atoms with van der Waals surface area (Å²) in [5.74, 6) is 4.50. The molecule has 0 spiro atoms. The van der Waals surface area contributed by atoms with E-state index < -0.39 is 0 Å². The average Bonchev–Trinajstić information content (AvgIpc) is 3.15. The van der Waals surface area contributed by atoms with E-state index in [2.05, 4.69) is 36.3 Å². The van der Waals surface area contributed by atoms with Crippen molar-refractivity contribution in [3.05, 3.63) is 11.8 Å². The molecule has 0 aliphatic heterocycles. The first kappa shape index (κ1) is 14.1. The number of hydrogen-bond acceptors (Lipinski definition) is 4. The summed E-state index contributed by atoms with van der Waals surface area (Å²) in [5.41, 5.74) is 0. The van der Waals surface area contributed by atoms with Gasteiger partial charge in [0.25, 0.3) is 0 Å². The van der Waals surface area contributed by atoms with Crippen molar-refractivity contribution in [1.82, 2.24) is 15.5 Å². The lowest BCUT2D eigenvalue weighted by Crippen LogP contribution is -2.42. The predicted molar refractivity (Wildman–Crippen MR) is 78.2 cm³/mol. The van der Waals surface area contributed by atoms with E-state index in [1.54, 1.807) is 0 Å². The second kappa shape index (κ2) is 5.84. The maximum absolute atomic E-state index is 5.74. The third-order valence-corrected chi connectivity index (χ3v) is 4.95. The Bertz CT molecular complexity index is 439. The largest absolute Gasteiger partial charge is 0.424 e. The van der Waals surface area contributed by atoms with E-state index in [9.17, 15) is 0 Å². The minimum absolute atomic E-state index is 0.550. The number of rotatable bonds is 5. The lowest BCUT2D eigenvalue weighted by molar-refractivity contribution is 0.166. The fourth-order valence-corrected chi connectivity index (χ4v) is 3.49. The Morgan fingerprint density at radius 2 is 2.00 bits per heavy atom. The number of nitrogens with one attached hydrogen (secondary N) is 1. The Balaban J connectivity index is 1.56. The minimum Gasteiger partial charge on any atom is -0.424 e. The van der Waals surface area contributed by atoms with Gasteiger partial charge in [0, 0.05) is 12.0 Å². The third kappa shape index (κ3) is 3.22. The first-order valence-corrected chi connectivity index (χ1v) is 8.19. The second-order valence-corrected chi connectivity index (χ2v) is 7.12. The molecule has 4 heteroatoms. The summed E-state index contributed by atoms with van der Waals surface area (Å²) in [7, 11) is 0. The van der Waals surface area contributed by atoms with Crippen molar-refractivity contribution in [3.63, 3.8) is 0 Å². The van der Waals surface area contributed by atoms with Crippen LogP contribution in [0.3, 0.4) is 0 Å². The van der Waals surface area contributed by atoms with Crippen LogP contribution in [0.4, 0.5) is 0 Å². The molecule has 0 aromatic carbocycles. The van der Waals surface area contributed by atoms with Crippen LogP contribution >= 0.6 is 0 Å². The Hall–Kier alpha value is -0.900. The van der Waals surface area contributed by atoms with Gasteiger partial charge in [-0.1, -0.05) is 27.2 Å². The fraction of sp³-hybridized carbons (Fsp3) is 0.875. The summed E-state index contributed by atoms with van der Waals surface area (Å²) in [5, 5.41) is 12.0. The molecule has 0 saturated heterocycles. The van der Waals surface area contributed by atoms with Crippen molar-refractivity contribution in [3.8, 4) is 0 Å². The Morgan fingerprint density at radius 3 is 2.70 bits per heavy atom. The molecule has 3 atom stereocenters. The average molecular weight is 277 g/mol. The van der Waals surface area contributed by atoms with E-state index in [4.69, 9.17) is 4.42 Å². The standard InChI is InChI=1S/C16H27N3O/c1-10(2)13-7-4-11(3)8-14(13)17-9-15-18-19-16(20-15)12-5-6-12/h10-14,17H,4-9H2,1-3H3/t11-,13+,14-/m1/s1. The predicted octanol–water partition coefficient (Wildman–Crippen LogP) is 3.50. The van der Waals surface area contributed by atoms with Crippen LogP contribution in [0.2, 0.25) is 0 Å². The monoisotopic (exact) mass is 277 g/mol. The van der Waals surface area contributed by atoms with Gasteiger partial charge >= 0.3 is 0 Å². The molecule has 0 amide bonds. The van der Waals surface area contributed by atoms with Crippen LogP contribution in [0.15, 0.2) is 4.42 Å². The van der Waals surface area contributed by atoms with Gasteiger partial charge in [0.1, 0.15) is 0 Å². The van der Waals surface area contributed by atoms with E-state index in [1.165, 1.54) is 32.1 Å². The zero-order chi connectivity index (χ0) is 14.1. The minimum atomic E-state index is 0.550. The van der Waals surface area contributed by atoms with Crippen molar-refractivity contribution >= 4 is 0 Å². The maximum atomic E-state index is 5.74. The quantitative estimate of drug-likeness (QED) is 0.895. The van der Waals surface area contributed by atoms with Gasteiger partial charge in [-0.2, -0.15) is 0 Å². The molecule has 4 nitrogen and oxygen atoms in total. The van der Waals surface area contributed by atoms with Crippen molar-refractivity contribution in [2.45, 2.75) is 71.4 Å². The van der Waals surface area contributed by atoms with Crippen LogP contribution in [0.5, 0.6) is 0 Å². The molecule has 0 radical (unpaired) electrons. The highest BCUT2D eigenvalue weighted by atomic mass is 16.4. The van der Waals surface area contributed by atoms with E-state index in [0.29, 0.717) is 12.0 Å². The summed E-state index contributed by atoms with van der Waals surface area (Å²) >= 11 is 0. The highest BCUT2D eigenvalue weighted by Crippen LogP contribution is 2.39. The number of nitrogens with zero attached hydrogens (tertiary/aromatic N) is 2. The summed E-state index contributed by atoms with van der Waals surface area (Å²) < 4.78 is 5.74. The molecular formula is C16H27N3O. The number of hydrogen-bond donors (Lipinski definition) is 1. The Labute approximate surface area is 121 Å². The van der Waals surface area contributed by atoms with Gasteiger partial charge < -0.3 is 9.73 Å². The van der Waals surface area contributed by atoms with Gasteiger partial charge in [0.05, 0.1) is 6.54 Å². The van der Waals surface area contributed by atoms with E-state index in [0.717, 1.165) is 36.1 Å². The smallest absolute Gasteiger partial charge is 0.230 e. The highest BCUT2D eigenvalue weighted by Gasteiger charge is 2.31. The zero-order valence-corrected chi connectivity index (χ0v) is 12.9. The van der Waals surface area contributed by atoms with Crippen LogP contribution in [0.1, 0.15) is 70.6 Å². The molecule has 1 aromatic rings. The molecule has 112 valence electrons. The molecule has 2 aliphatic rings. The summed E-state index contributed by atoms with van der Waals surface area (Å²) in [6.45, 7) is 7.77. The summed E-state index contributed by atoms with van der Waals surface area (Å²) in [4.78, 5) is 0. The van der Waals surface area contributed by atoms with E-state index >= 15 is 0 Å². The van der Waals surface area contributed by atoms with Crippen LogP contribution in [-0.2, 0) is 6.54 Å². The van der Waals surface area contributed by atoms with Crippen molar-refractivity contribution < 1.29 is 4.42 Å². The first-order valence-electron chi connectivity index (χ1n) is 8.19. The lowest BCUT2D eigenvalue weighted by Gasteiger charge is -2.37. The molecule has 1 N–H and O–H groups in total. The SMILES string of the molecule is CC(C)[C@@H]1CC[C@@H](C)C[C@H]1NCc1nnc(C2CC2)o1. The van der Waals surface area contributed by atoms with Gasteiger partial charge in [-0.3, -0.25) is 0 Å². The van der Waals surface area contributed by atoms with Gasteiger partial charge in [-0.25, -0.2) is 0 Å². The van der Waals surface area contributed by atoms with Crippen LogP contribution in [0.25, 0.3) is 0 Å². The van der Waals surface area contributed by atoms with Crippen LogP contribution in [-0.4, -0.2) is 16.2 Å².